The van der Waals surface area contributed by atoms with Crippen molar-refractivity contribution in [2.45, 2.75) is 25.0 Å². The minimum absolute atomic E-state index is 0.207. The smallest absolute Gasteiger partial charge is 0.268 e. The molecular formula is C11H14ClN3O3. The third-order valence-electron chi connectivity index (χ3n) is 2.77. The van der Waals surface area contributed by atoms with E-state index in [9.17, 15) is 14.7 Å². The zero-order valence-electron chi connectivity index (χ0n) is 9.60. The Kier molecular flexibility index (Phi) is 3.58. The first kappa shape index (κ1) is 12.9. The molecule has 6 nitrogen and oxygen atoms in total. The molecule has 18 heavy (non-hydrogen) atoms. The summed E-state index contributed by atoms with van der Waals surface area (Å²) in [6, 6.07) is 1.88. The molecule has 1 unspecified atom stereocenters. The second kappa shape index (κ2) is 4.99. The molecule has 1 heterocycles. The maximum atomic E-state index is 11.9. The highest BCUT2D eigenvalue weighted by Crippen LogP contribution is 2.37. The van der Waals surface area contributed by atoms with Crippen LogP contribution in [0.2, 0.25) is 5.02 Å². The number of hydrogen-bond acceptors (Lipinski definition) is 3. The summed E-state index contributed by atoms with van der Waals surface area (Å²) in [5, 5.41) is 12.1. The Hall–Kier alpha value is -1.53. The Bertz CT molecular complexity index is 482. The van der Waals surface area contributed by atoms with E-state index in [0.29, 0.717) is 16.8 Å². The van der Waals surface area contributed by atoms with Crippen molar-refractivity contribution in [2.75, 3.05) is 6.54 Å². The Balaban J connectivity index is 2.02. The van der Waals surface area contributed by atoms with Crippen LogP contribution in [0.25, 0.3) is 0 Å². The highest BCUT2D eigenvalue weighted by Gasteiger charge is 2.28. The Morgan fingerprint density at radius 2 is 2.28 bits per heavy atom. The van der Waals surface area contributed by atoms with Gasteiger partial charge in [-0.15, -0.1) is 0 Å². The minimum Gasteiger partial charge on any atom is -0.381 e. The van der Waals surface area contributed by atoms with E-state index in [1.54, 1.807) is 12.3 Å². The molecule has 1 aromatic heterocycles. The second-order valence-electron chi connectivity index (χ2n) is 4.31. The average molecular weight is 272 g/mol. The molecule has 7 heteroatoms. The lowest BCUT2D eigenvalue weighted by Crippen LogP contribution is -2.40. The molecule has 1 aliphatic carbocycles. The van der Waals surface area contributed by atoms with Crippen molar-refractivity contribution in [3.63, 3.8) is 0 Å². The summed E-state index contributed by atoms with van der Waals surface area (Å²) in [5.74, 6) is -1.25. The number of aromatic nitrogens is 1. The normalized spacial score (nSPS) is 16.3. The number of carbonyl (C=O) groups excluding carboxylic acids is 2. The van der Waals surface area contributed by atoms with Crippen molar-refractivity contribution in [3.05, 3.63) is 23.0 Å². The van der Waals surface area contributed by atoms with E-state index in [-0.39, 0.29) is 12.5 Å². The molecule has 1 aliphatic rings. The van der Waals surface area contributed by atoms with Crippen LogP contribution in [-0.4, -0.2) is 34.1 Å². The zero-order valence-corrected chi connectivity index (χ0v) is 10.4. The van der Waals surface area contributed by atoms with Crippen molar-refractivity contribution >= 4 is 23.4 Å². The molecular weight excluding hydrogens is 258 g/mol. The fourth-order valence-corrected chi connectivity index (χ4v) is 1.87. The van der Waals surface area contributed by atoms with Crippen LogP contribution in [0.4, 0.5) is 0 Å². The standard InChI is InChI=1S/C11H14ClN3O3/c12-6-3-8(15(5-6)7-1-2-7)11(18)14-4-9(16)10(13)17/h3,5,7,9,16H,1-2,4H2,(H2,13,17)(H,14,18). The fourth-order valence-electron chi connectivity index (χ4n) is 1.66. The first-order valence-electron chi connectivity index (χ1n) is 5.62. The van der Waals surface area contributed by atoms with Gasteiger partial charge in [0.2, 0.25) is 5.91 Å². The van der Waals surface area contributed by atoms with Crippen molar-refractivity contribution in [1.29, 1.82) is 0 Å². The van der Waals surface area contributed by atoms with Crippen LogP contribution in [0, 0.1) is 0 Å². The van der Waals surface area contributed by atoms with Crippen LogP contribution >= 0.6 is 11.6 Å². The summed E-state index contributed by atoms with van der Waals surface area (Å²) >= 11 is 5.87. The number of aliphatic hydroxyl groups excluding tert-OH is 1. The lowest BCUT2D eigenvalue weighted by molar-refractivity contribution is -0.125. The highest BCUT2D eigenvalue weighted by atomic mass is 35.5. The number of amides is 2. The number of rotatable bonds is 5. The van der Waals surface area contributed by atoms with Gasteiger partial charge in [0, 0.05) is 12.2 Å². The van der Waals surface area contributed by atoms with Gasteiger partial charge in [-0.2, -0.15) is 0 Å². The third-order valence-corrected chi connectivity index (χ3v) is 2.98. The molecule has 0 saturated heterocycles. The van der Waals surface area contributed by atoms with Gasteiger partial charge in [0.15, 0.2) is 0 Å². The van der Waals surface area contributed by atoms with Crippen LogP contribution in [0.15, 0.2) is 12.3 Å². The molecule has 1 aromatic rings. The summed E-state index contributed by atoms with van der Waals surface area (Å²) in [6.45, 7) is -0.207. The molecule has 1 atom stereocenters. The quantitative estimate of drug-likeness (QED) is 0.706. The fraction of sp³-hybridized carbons (Fsp3) is 0.455. The molecule has 1 saturated carbocycles. The van der Waals surface area contributed by atoms with Crippen LogP contribution in [0.3, 0.4) is 0 Å². The third kappa shape index (κ3) is 2.83. The first-order valence-corrected chi connectivity index (χ1v) is 6.00. The number of nitrogens with zero attached hydrogens (tertiary/aromatic N) is 1. The summed E-state index contributed by atoms with van der Waals surface area (Å²) in [7, 11) is 0. The van der Waals surface area contributed by atoms with E-state index in [0.717, 1.165) is 12.8 Å². The van der Waals surface area contributed by atoms with E-state index < -0.39 is 12.0 Å². The topological polar surface area (TPSA) is 97.4 Å². The van der Waals surface area contributed by atoms with Crippen molar-refractivity contribution in [1.82, 2.24) is 9.88 Å². The molecule has 0 spiro atoms. The van der Waals surface area contributed by atoms with E-state index in [1.165, 1.54) is 0 Å². The van der Waals surface area contributed by atoms with E-state index in [2.05, 4.69) is 5.32 Å². The number of aliphatic hydroxyl groups is 1. The van der Waals surface area contributed by atoms with Gasteiger partial charge >= 0.3 is 0 Å². The number of hydrogen-bond donors (Lipinski definition) is 3. The molecule has 0 bridgehead atoms. The monoisotopic (exact) mass is 271 g/mol. The van der Waals surface area contributed by atoms with E-state index in [1.807, 2.05) is 4.57 Å². The molecule has 0 aliphatic heterocycles. The average Bonchev–Trinajstić information content (AvgIpc) is 3.08. The molecule has 0 radical (unpaired) electrons. The summed E-state index contributed by atoms with van der Waals surface area (Å²) < 4.78 is 1.81. The van der Waals surface area contributed by atoms with Gasteiger partial charge in [-0.1, -0.05) is 11.6 Å². The molecule has 98 valence electrons. The Labute approximate surface area is 109 Å². The summed E-state index contributed by atoms with van der Waals surface area (Å²) in [6.07, 6.45) is 2.37. The van der Waals surface area contributed by atoms with Crippen LogP contribution in [0.1, 0.15) is 29.4 Å². The van der Waals surface area contributed by atoms with Gasteiger partial charge < -0.3 is 20.7 Å². The SMILES string of the molecule is NC(=O)C(O)CNC(=O)c1cc(Cl)cn1C1CC1. The van der Waals surface area contributed by atoms with E-state index in [4.69, 9.17) is 17.3 Å². The summed E-state index contributed by atoms with van der Waals surface area (Å²) in [4.78, 5) is 22.5. The molecule has 2 rings (SSSR count). The van der Waals surface area contributed by atoms with Gasteiger partial charge in [-0.25, -0.2) is 0 Å². The predicted molar refractivity (Wildman–Crippen MR) is 65.2 cm³/mol. The number of primary amides is 1. The van der Waals surface area contributed by atoms with Crippen LogP contribution < -0.4 is 11.1 Å². The van der Waals surface area contributed by atoms with Gasteiger partial charge in [0.25, 0.3) is 5.91 Å². The molecule has 2 amide bonds. The molecule has 1 fully saturated rings. The van der Waals surface area contributed by atoms with Crippen molar-refractivity contribution in [2.24, 2.45) is 5.73 Å². The lowest BCUT2D eigenvalue weighted by Gasteiger charge is -2.10. The van der Waals surface area contributed by atoms with Crippen molar-refractivity contribution < 1.29 is 14.7 Å². The van der Waals surface area contributed by atoms with Crippen LogP contribution in [-0.2, 0) is 4.79 Å². The predicted octanol–water partition coefficient (Wildman–Crippen LogP) is 0.0524. The largest absolute Gasteiger partial charge is 0.381 e. The highest BCUT2D eigenvalue weighted by molar-refractivity contribution is 6.31. The van der Waals surface area contributed by atoms with Gasteiger partial charge in [-0.05, 0) is 18.9 Å². The second-order valence-corrected chi connectivity index (χ2v) is 4.75. The number of nitrogens with two attached hydrogens (primary N) is 1. The molecule has 0 aromatic carbocycles. The van der Waals surface area contributed by atoms with Gasteiger partial charge in [-0.3, -0.25) is 9.59 Å². The van der Waals surface area contributed by atoms with Gasteiger partial charge in [0.05, 0.1) is 11.6 Å². The minimum atomic E-state index is -1.38. The zero-order chi connectivity index (χ0) is 13.3. The number of halogens is 1. The lowest BCUT2D eigenvalue weighted by atomic mass is 10.3. The summed E-state index contributed by atoms with van der Waals surface area (Å²) in [5.41, 5.74) is 5.32. The van der Waals surface area contributed by atoms with E-state index >= 15 is 0 Å². The Morgan fingerprint density at radius 1 is 1.61 bits per heavy atom. The van der Waals surface area contributed by atoms with Gasteiger partial charge in [0.1, 0.15) is 11.8 Å². The van der Waals surface area contributed by atoms with Crippen molar-refractivity contribution in [3.8, 4) is 0 Å². The van der Waals surface area contributed by atoms with Crippen LogP contribution in [0.5, 0.6) is 0 Å². The Morgan fingerprint density at radius 3 is 2.83 bits per heavy atom. The first-order chi connectivity index (χ1) is 8.49. The number of nitrogens with one attached hydrogen (secondary N) is 1. The molecule has 4 N–H and O–H groups in total. The maximum absolute atomic E-state index is 11.9. The maximum Gasteiger partial charge on any atom is 0.268 e. The number of carbonyl (C=O) groups is 2.